The molecule has 0 unspecified atom stereocenters. The number of hydrogen-bond acceptors (Lipinski definition) is 3. The van der Waals surface area contributed by atoms with E-state index in [2.05, 4.69) is 42.3 Å². The van der Waals surface area contributed by atoms with E-state index < -0.39 is 0 Å². The van der Waals surface area contributed by atoms with Crippen LogP contribution in [0.25, 0.3) is 10.9 Å². The summed E-state index contributed by atoms with van der Waals surface area (Å²) in [4.78, 5) is 4.40. The summed E-state index contributed by atoms with van der Waals surface area (Å²) in [6, 6.07) is 6.40. The van der Waals surface area contributed by atoms with Crippen LogP contribution in [0.2, 0.25) is 0 Å². The number of hydrogen-bond donors (Lipinski definition) is 1. The van der Waals surface area contributed by atoms with Crippen molar-refractivity contribution in [3.05, 3.63) is 30.0 Å². The van der Waals surface area contributed by atoms with E-state index in [4.69, 9.17) is 4.74 Å². The first-order valence-corrected chi connectivity index (χ1v) is 9.06. The number of aromatic nitrogens is 1. The third kappa shape index (κ3) is 3.95. The van der Waals surface area contributed by atoms with Gasteiger partial charge in [-0.1, -0.05) is 52.0 Å². The minimum atomic E-state index is 0.716. The number of ether oxygens (including phenoxy) is 1. The van der Waals surface area contributed by atoms with E-state index in [1.165, 1.54) is 37.7 Å². The zero-order valence-electron chi connectivity index (χ0n) is 14.4. The fourth-order valence-electron chi connectivity index (χ4n) is 3.38. The lowest BCUT2D eigenvalue weighted by molar-refractivity contribution is 0.323. The smallest absolute Gasteiger partial charge is 0.161 e. The quantitative estimate of drug-likeness (QED) is 0.787. The van der Waals surface area contributed by atoms with Crippen LogP contribution in [0.15, 0.2) is 24.4 Å². The number of nitrogens with one attached hydrogen (secondary N) is 1. The van der Waals surface area contributed by atoms with E-state index in [9.17, 15) is 0 Å². The van der Waals surface area contributed by atoms with Gasteiger partial charge in [-0.25, -0.2) is 0 Å². The Labute approximate surface area is 139 Å². The van der Waals surface area contributed by atoms with Crippen LogP contribution in [0.3, 0.4) is 0 Å². The molecule has 1 fully saturated rings. The largest absolute Gasteiger partial charge is 0.488 e. The van der Waals surface area contributed by atoms with Crippen molar-refractivity contribution in [1.29, 1.82) is 0 Å². The standard InChI is InChI=1S/C13H14N2O.C7H14/c1-2-9-3-4-11-10(7-9)13-12(8-15-11)16-6-5-14-13;1-7-5-3-2-4-6-7/h3-4,7-8,14H,2,5-6H2,1H3;7H,2-6H2,1H3. The van der Waals surface area contributed by atoms with Crippen LogP contribution < -0.4 is 10.1 Å². The molecule has 2 aromatic rings. The van der Waals surface area contributed by atoms with Gasteiger partial charge < -0.3 is 10.1 Å². The molecule has 0 spiro atoms. The summed E-state index contributed by atoms with van der Waals surface area (Å²) in [7, 11) is 0. The van der Waals surface area contributed by atoms with Crippen LogP contribution in [-0.2, 0) is 6.42 Å². The van der Waals surface area contributed by atoms with Crippen LogP contribution in [0.5, 0.6) is 5.75 Å². The summed E-state index contributed by atoms with van der Waals surface area (Å²) in [6.07, 6.45) is 10.3. The lowest BCUT2D eigenvalue weighted by atomic mass is 9.91. The lowest BCUT2D eigenvalue weighted by Gasteiger charge is -2.20. The Morgan fingerprint density at radius 3 is 2.74 bits per heavy atom. The monoisotopic (exact) mass is 312 g/mol. The molecule has 2 aliphatic rings. The maximum atomic E-state index is 5.58. The van der Waals surface area contributed by atoms with E-state index in [1.54, 1.807) is 6.20 Å². The van der Waals surface area contributed by atoms with Crippen LogP contribution in [-0.4, -0.2) is 18.1 Å². The van der Waals surface area contributed by atoms with Gasteiger partial charge in [0.15, 0.2) is 5.75 Å². The predicted octanol–water partition coefficient (Wildman–Crippen LogP) is 5.19. The Bertz CT molecular complexity index is 642. The highest BCUT2D eigenvalue weighted by Gasteiger charge is 2.13. The Hall–Kier alpha value is -1.77. The third-order valence-electron chi connectivity index (χ3n) is 4.86. The molecule has 0 saturated heterocycles. The first-order valence-electron chi connectivity index (χ1n) is 9.06. The summed E-state index contributed by atoms with van der Waals surface area (Å²) in [6.45, 7) is 6.10. The highest BCUT2D eigenvalue weighted by Crippen LogP contribution is 2.34. The van der Waals surface area contributed by atoms with Gasteiger partial charge in [0.05, 0.1) is 17.4 Å². The van der Waals surface area contributed by atoms with Gasteiger partial charge in [0.2, 0.25) is 0 Å². The van der Waals surface area contributed by atoms with Gasteiger partial charge in [-0.2, -0.15) is 0 Å². The number of pyridine rings is 1. The molecule has 2 heterocycles. The second kappa shape index (κ2) is 7.67. The van der Waals surface area contributed by atoms with Crippen molar-refractivity contribution < 1.29 is 4.74 Å². The first kappa shape index (κ1) is 16.1. The normalized spacial score (nSPS) is 17.5. The molecule has 0 bridgehead atoms. The van der Waals surface area contributed by atoms with Gasteiger partial charge in [-0.15, -0.1) is 0 Å². The van der Waals surface area contributed by atoms with Crippen LogP contribution in [0.4, 0.5) is 5.69 Å². The molecule has 0 radical (unpaired) electrons. The summed E-state index contributed by atoms with van der Waals surface area (Å²) < 4.78 is 5.58. The van der Waals surface area contributed by atoms with Crippen molar-refractivity contribution in [2.75, 3.05) is 18.5 Å². The Balaban J connectivity index is 0.000000188. The second-order valence-corrected chi connectivity index (χ2v) is 6.72. The average molecular weight is 312 g/mol. The number of aryl methyl sites for hydroxylation is 1. The van der Waals surface area contributed by atoms with Crippen LogP contribution in [0, 0.1) is 5.92 Å². The van der Waals surface area contributed by atoms with Crippen molar-refractivity contribution >= 4 is 16.6 Å². The zero-order chi connectivity index (χ0) is 16.1. The minimum absolute atomic E-state index is 0.716. The van der Waals surface area contributed by atoms with Crippen molar-refractivity contribution in [2.45, 2.75) is 52.4 Å². The molecule has 1 saturated carbocycles. The Morgan fingerprint density at radius 2 is 2.04 bits per heavy atom. The predicted molar refractivity (Wildman–Crippen MR) is 97.4 cm³/mol. The SMILES string of the molecule is CC1CCCCC1.CCc1ccc2ncc3c(c2c1)NCCO3. The minimum Gasteiger partial charge on any atom is -0.488 e. The Morgan fingerprint density at radius 1 is 1.22 bits per heavy atom. The topological polar surface area (TPSA) is 34.2 Å². The van der Waals surface area contributed by atoms with E-state index in [0.29, 0.717) is 6.61 Å². The van der Waals surface area contributed by atoms with Crippen molar-refractivity contribution in [1.82, 2.24) is 4.98 Å². The van der Waals surface area contributed by atoms with Gasteiger partial charge in [0, 0.05) is 11.9 Å². The molecule has 1 aromatic carbocycles. The molecule has 23 heavy (non-hydrogen) atoms. The van der Waals surface area contributed by atoms with Gasteiger partial charge in [0.25, 0.3) is 0 Å². The summed E-state index contributed by atoms with van der Waals surface area (Å²) in [5, 5.41) is 4.56. The fraction of sp³-hybridized carbons (Fsp3) is 0.550. The number of fused-ring (bicyclic) bond motifs is 3. The van der Waals surface area contributed by atoms with Crippen LogP contribution >= 0.6 is 0 Å². The van der Waals surface area contributed by atoms with Crippen molar-refractivity contribution in [2.24, 2.45) is 5.92 Å². The van der Waals surface area contributed by atoms with Gasteiger partial charge >= 0.3 is 0 Å². The highest BCUT2D eigenvalue weighted by molar-refractivity contribution is 5.95. The van der Waals surface area contributed by atoms with Gasteiger partial charge in [-0.05, 0) is 30.0 Å². The third-order valence-corrected chi connectivity index (χ3v) is 4.86. The van der Waals surface area contributed by atoms with Crippen molar-refractivity contribution in [3.8, 4) is 5.75 Å². The number of anilines is 1. The van der Waals surface area contributed by atoms with E-state index in [1.807, 2.05) is 0 Å². The maximum Gasteiger partial charge on any atom is 0.161 e. The summed E-state index contributed by atoms with van der Waals surface area (Å²) >= 11 is 0. The summed E-state index contributed by atoms with van der Waals surface area (Å²) in [5.41, 5.74) is 3.44. The Kier molecular flexibility index (Phi) is 5.37. The van der Waals surface area contributed by atoms with Gasteiger partial charge in [0.1, 0.15) is 6.61 Å². The van der Waals surface area contributed by atoms with E-state index >= 15 is 0 Å². The molecule has 3 heteroatoms. The molecule has 4 rings (SSSR count). The molecule has 0 amide bonds. The maximum absolute atomic E-state index is 5.58. The van der Waals surface area contributed by atoms with E-state index in [-0.39, 0.29) is 0 Å². The van der Waals surface area contributed by atoms with E-state index in [0.717, 1.165) is 41.2 Å². The lowest BCUT2D eigenvalue weighted by Crippen LogP contribution is -2.18. The molecule has 1 aliphatic carbocycles. The van der Waals surface area contributed by atoms with Gasteiger partial charge in [-0.3, -0.25) is 4.98 Å². The van der Waals surface area contributed by atoms with Crippen LogP contribution in [0.1, 0.15) is 51.5 Å². The molecule has 0 atom stereocenters. The molecule has 1 N–H and O–H groups in total. The average Bonchev–Trinajstić information content (AvgIpc) is 2.62. The zero-order valence-corrected chi connectivity index (χ0v) is 14.4. The fourth-order valence-corrected chi connectivity index (χ4v) is 3.38. The number of benzene rings is 1. The number of nitrogens with zero attached hydrogens (tertiary/aromatic N) is 1. The highest BCUT2D eigenvalue weighted by atomic mass is 16.5. The molecule has 124 valence electrons. The molecule has 1 aromatic heterocycles. The molecule has 1 aliphatic heterocycles. The summed E-state index contributed by atoms with van der Waals surface area (Å²) in [5.74, 6) is 1.90. The first-order chi connectivity index (χ1) is 11.3. The second-order valence-electron chi connectivity index (χ2n) is 6.72. The number of rotatable bonds is 1. The van der Waals surface area contributed by atoms with Crippen molar-refractivity contribution in [3.63, 3.8) is 0 Å². The molecule has 3 nitrogen and oxygen atoms in total. The molecular formula is C20H28N2O. The molecular weight excluding hydrogens is 284 g/mol.